The number of furan rings is 1. The number of allylic oxidation sites excluding steroid dienone is 4. The molecule has 4 unspecified atom stereocenters. The molecule has 46 heavy (non-hydrogen) atoms. The minimum Gasteiger partial charge on any atom is -0.453 e. The Labute approximate surface area is 267 Å². The first-order chi connectivity index (χ1) is 22.4. The Balaban J connectivity index is 1.43. The fraction of sp³-hybridized carbons (Fsp3) is 0.195. The number of para-hydroxylation sites is 3. The van der Waals surface area contributed by atoms with E-state index in [4.69, 9.17) is 19.4 Å². The highest BCUT2D eigenvalue weighted by molar-refractivity contribution is 6.11. The van der Waals surface area contributed by atoms with E-state index in [1.807, 2.05) is 18.2 Å². The number of aromatic nitrogens is 4. The average Bonchev–Trinajstić information content (AvgIpc) is 3.65. The summed E-state index contributed by atoms with van der Waals surface area (Å²) in [7, 11) is 0. The van der Waals surface area contributed by atoms with E-state index in [2.05, 4.69) is 117 Å². The van der Waals surface area contributed by atoms with Gasteiger partial charge in [0.2, 0.25) is 0 Å². The van der Waals surface area contributed by atoms with Gasteiger partial charge in [-0.1, -0.05) is 111 Å². The quantitative estimate of drug-likeness (QED) is 0.177. The molecule has 10 rings (SSSR count). The third-order valence-electron chi connectivity index (χ3n) is 10.9. The van der Waals surface area contributed by atoms with Gasteiger partial charge in [-0.3, -0.25) is 0 Å². The molecule has 5 nitrogen and oxygen atoms in total. The summed E-state index contributed by atoms with van der Waals surface area (Å²) < 4.78 is 9.47. The number of benzene rings is 4. The molecule has 3 aromatic heterocycles. The Morgan fingerprint density at radius 2 is 1.41 bits per heavy atom. The van der Waals surface area contributed by atoms with Crippen molar-refractivity contribution in [3.63, 3.8) is 0 Å². The van der Waals surface area contributed by atoms with Gasteiger partial charge in [-0.25, -0.2) is 15.0 Å². The number of rotatable bonds is 1. The van der Waals surface area contributed by atoms with E-state index in [9.17, 15) is 0 Å². The molecule has 5 heteroatoms. The fourth-order valence-electron chi connectivity index (χ4n) is 8.92. The summed E-state index contributed by atoms with van der Waals surface area (Å²) in [5.74, 6) is 2.68. The van der Waals surface area contributed by atoms with Crippen molar-refractivity contribution in [2.45, 2.75) is 44.9 Å². The Morgan fingerprint density at radius 1 is 0.696 bits per heavy atom. The van der Waals surface area contributed by atoms with Gasteiger partial charge in [0.05, 0.1) is 22.2 Å². The molecule has 7 aromatic rings. The first kappa shape index (κ1) is 26.0. The molecule has 0 fully saturated rings. The zero-order valence-electron chi connectivity index (χ0n) is 26.2. The zero-order chi connectivity index (χ0) is 30.9. The summed E-state index contributed by atoms with van der Waals surface area (Å²) in [5.41, 5.74) is 10.9. The summed E-state index contributed by atoms with van der Waals surface area (Å²) in [4.78, 5) is 15.8. The van der Waals surface area contributed by atoms with Crippen molar-refractivity contribution in [3.8, 4) is 28.5 Å². The number of nitrogens with zero attached hydrogens (tertiary/aromatic N) is 4. The molecule has 0 N–H and O–H groups in total. The van der Waals surface area contributed by atoms with Gasteiger partial charge < -0.3 is 8.98 Å². The minimum absolute atomic E-state index is 0.0964. The molecule has 3 aliphatic rings. The maximum atomic E-state index is 6.98. The maximum Gasteiger partial charge on any atom is 0.167 e. The lowest BCUT2D eigenvalue weighted by molar-refractivity contribution is 0.512. The molecule has 222 valence electrons. The van der Waals surface area contributed by atoms with Crippen LogP contribution in [0.25, 0.3) is 61.3 Å². The van der Waals surface area contributed by atoms with Crippen LogP contribution in [0.2, 0.25) is 0 Å². The van der Waals surface area contributed by atoms with Crippen LogP contribution in [-0.2, 0) is 5.41 Å². The third-order valence-corrected chi connectivity index (χ3v) is 10.9. The zero-order valence-corrected chi connectivity index (χ0v) is 26.2. The molecule has 2 aliphatic carbocycles. The van der Waals surface area contributed by atoms with E-state index in [0.717, 1.165) is 44.6 Å². The second kappa shape index (κ2) is 8.91. The van der Waals surface area contributed by atoms with Crippen LogP contribution >= 0.6 is 0 Å². The van der Waals surface area contributed by atoms with Crippen LogP contribution in [0.3, 0.4) is 0 Å². The summed E-state index contributed by atoms with van der Waals surface area (Å²) in [6.45, 7) is 9.43. The molecule has 0 saturated carbocycles. The van der Waals surface area contributed by atoms with Gasteiger partial charge in [-0.15, -0.1) is 0 Å². The van der Waals surface area contributed by atoms with Crippen molar-refractivity contribution >= 4 is 32.8 Å². The highest BCUT2D eigenvalue weighted by Crippen LogP contribution is 2.57. The van der Waals surface area contributed by atoms with E-state index in [1.54, 1.807) is 0 Å². The van der Waals surface area contributed by atoms with E-state index in [-0.39, 0.29) is 11.8 Å². The Kier molecular flexibility index (Phi) is 5.03. The smallest absolute Gasteiger partial charge is 0.167 e. The highest BCUT2D eigenvalue weighted by Gasteiger charge is 2.47. The molecule has 0 spiro atoms. The van der Waals surface area contributed by atoms with Gasteiger partial charge in [-0.2, -0.15) is 0 Å². The number of hydrogen-bond donors (Lipinski definition) is 0. The first-order valence-electron chi connectivity index (χ1n) is 16.3. The minimum atomic E-state index is -0.544. The third kappa shape index (κ3) is 3.17. The van der Waals surface area contributed by atoms with Crippen LogP contribution in [0.1, 0.15) is 56.6 Å². The molecular weight excluding hydrogens is 564 g/mol. The van der Waals surface area contributed by atoms with Gasteiger partial charge in [0, 0.05) is 39.3 Å². The normalized spacial score (nSPS) is 22.9. The average molecular weight is 597 g/mol. The van der Waals surface area contributed by atoms with Gasteiger partial charge in [0.25, 0.3) is 0 Å². The van der Waals surface area contributed by atoms with E-state index >= 15 is 0 Å². The predicted octanol–water partition coefficient (Wildman–Crippen LogP) is 10.0. The Morgan fingerprint density at radius 3 is 2.26 bits per heavy atom. The number of hydrogen-bond acceptors (Lipinski definition) is 4. The van der Waals surface area contributed by atoms with E-state index in [0.29, 0.717) is 17.6 Å². The molecule has 4 atom stereocenters. The molecule has 6 bridgehead atoms. The van der Waals surface area contributed by atoms with E-state index in [1.165, 1.54) is 33.3 Å². The predicted molar refractivity (Wildman–Crippen MR) is 184 cm³/mol. The van der Waals surface area contributed by atoms with Crippen molar-refractivity contribution in [3.05, 3.63) is 131 Å². The molecule has 0 radical (unpaired) electrons. The lowest BCUT2D eigenvalue weighted by Gasteiger charge is -2.44. The van der Waals surface area contributed by atoms with Crippen LogP contribution < -0.4 is 0 Å². The van der Waals surface area contributed by atoms with Gasteiger partial charge in [0.1, 0.15) is 11.4 Å². The lowest BCUT2D eigenvalue weighted by Crippen LogP contribution is -2.37. The largest absolute Gasteiger partial charge is 0.453 e. The van der Waals surface area contributed by atoms with Crippen molar-refractivity contribution in [2.75, 3.05) is 0 Å². The van der Waals surface area contributed by atoms with Crippen molar-refractivity contribution < 1.29 is 4.42 Å². The van der Waals surface area contributed by atoms with Crippen molar-refractivity contribution in [1.29, 1.82) is 0 Å². The van der Waals surface area contributed by atoms with Gasteiger partial charge in [-0.05, 0) is 42.2 Å². The molecule has 0 amide bonds. The van der Waals surface area contributed by atoms with Crippen LogP contribution in [0.4, 0.5) is 0 Å². The van der Waals surface area contributed by atoms with Crippen molar-refractivity contribution in [2.24, 2.45) is 5.92 Å². The molecule has 1 aliphatic heterocycles. The monoisotopic (exact) mass is 596 g/mol. The standard InChI is InChI=1S/C41H32N4O/c1-22-20-21-41(4)34-24(3)35-33(23(2)32(22)34)28-14-8-9-18-30(28)45(35)31-19-11-16-27-26-15-10-17-29(36(26)46-37(27)31)39-42-38(43-40(41)44-39)25-12-6-5-7-13-25/h5-24H,1-4H3. The topological polar surface area (TPSA) is 56.7 Å². The van der Waals surface area contributed by atoms with Gasteiger partial charge >= 0.3 is 0 Å². The summed E-state index contributed by atoms with van der Waals surface area (Å²) >= 11 is 0. The van der Waals surface area contributed by atoms with Gasteiger partial charge in [0.15, 0.2) is 17.2 Å². The van der Waals surface area contributed by atoms with E-state index < -0.39 is 5.41 Å². The molecule has 4 heterocycles. The Bertz CT molecular complexity index is 2500. The summed E-state index contributed by atoms with van der Waals surface area (Å²) in [6.07, 6.45) is 4.73. The lowest BCUT2D eigenvalue weighted by atomic mass is 9.60. The second-order valence-corrected chi connectivity index (χ2v) is 13.4. The first-order valence-corrected chi connectivity index (χ1v) is 16.3. The fourth-order valence-corrected chi connectivity index (χ4v) is 8.92. The molecule has 4 aromatic carbocycles. The van der Waals surface area contributed by atoms with Crippen LogP contribution in [0, 0.1) is 5.92 Å². The number of fused-ring (bicyclic) bond motifs is 9. The van der Waals surface area contributed by atoms with Crippen LogP contribution in [0.5, 0.6) is 0 Å². The summed E-state index contributed by atoms with van der Waals surface area (Å²) in [6, 6.07) is 32.0. The highest BCUT2D eigenvalue weighted by atomic mass is 16.3. The molecule has 0 saturated heterocycles. The van der Waals surface area contributed by atoms with Crippen LogP contribution in [-0.4, -0.2) is 19.5 Å². The SMILES string of the molecule is CC1C=CC2(C)C3=C1C(C)c1c(n(c4ccccc14)-c1cccc4c1oc1c(cccc14)-c1nc(-c4ccccc4)nc2n1)C3C. The van der Waals surface area contributed by atoms with Crippen LogP contribution in [0.15, 0.2) is 119 Å². The Hall–Kier alpha value is -5.29. The van der Waals surface area contributed by atoms with Crippen molar-refractivity contribution in [1.82, 2.24) is 19.5 Å². The summed E-state index contributed by atoms with van der Waals surface area (Å²) in [5, 5.41) is 3.45. The maximum absolute atomic E-state index is 6.98. The molecular formula is C41H32N4O. The second-order valence-electron chi connectivity index (χ2n) is 13.4.